The highest BCUT2D eigenvalue weighted by Crippen LogP contribution is 2.36. The second kappa shape index (κ2) is 6.95. The Morgan fingerprint density at radius 1 is 1.45 bits per heavy atom. The standard InChI is InChI=1S/C13H16ClF3N2O/c1-2-3-9(18)7-12(20)19-11-5-4-8(14)6-10(11)13(15,16)17/h4-6,9H,2-3,7,18H2,1H3,(H,19,20). The molecule has 0 saturated heterocycles. The zero-order chi connectivity index (χ0) is 15.3. The Balaban J connectivity index is 2.85. The molecule has 0 aromatic heterocycles. The van der Waals surface area contributed by atoms with Gasteiger partial charge in [0.25, 0.3) is 0 Å². The highest BCUT2D eigenvalue weighted by atomic mass is 35.5. The Bertz CT molecular complexity index is 477. The first-order chi connectivity index (χ1) is 9.24. The summed E-state index contributed by atoms with van der Waals surface area (Å²) < 4.78 is 38.5. The third-order valence-electron chi connectivity index (χ3n) is 2.67. The topological polar surface area (TPSA) is 55.1 Å². The Hall–Kier alpha value is -1.27. The summed E-state index contributed by atoms with van der Waals surface area (Å²) in [6.45, 7) is 1.92. The predicted octanol–water partition coefficient (Wildman–Crippen LogP) is 3.81. The average Bonchev–Trinajstić information content (AvgIpc) is 2.30. The molecule has 0 aliphatic heterocycles. The number of benzene rings is 1. The van der Waals surface area contributed by atoms with Crippen LogP contribution in [0.1, 0.15) is 31.7 Å². The number of carbonyl (C=O) groups is 1. The molecule has 0 aliphatic rings. The van der Waals surface area contributed by atoms with Crippen molar-refractivity contribution in [1.82, 2.24) is 0 Å². The smallest absolute Gasteiger partial charge is 0.327 e. The number of amides is 1. The van der Waals surface area contributed by atoms with Crippen molar-refractivity contribution in [2.24, 2.45) is 5.73 Å². The first-order valence-corrected chi connectivity index (χ1v) is 6.54. The van der Waals surface area contributed by atoms with Crippen LogP contribution in [-0.4, -0.2) is 11.9 Å². The van der Waals surface area contributed by atoms with Crippen LogP contribution in [0.2, 0.25) is 5.02 Å². The zero-order valence-electron chi connectivity index (χ0n) is 10.9. The monoisotopic (exact) mass is 308 g/mol. The Labute approximate surface area is 120 Å². The predicted molar refractivity (Wildman–Crippen MR) is 72.6 cm³/mol. The summed E-state index contributed by atoms with van der Waals surface area (Å²) in [5.74, 6) is -0.543. The Morgan fingerprint density at radius 3 is 2.65 bits per heavy atom. The Morgan fingerprint density at radius 2 is 2.10 bits per heavy atom. The minimum atomic E-state index is -4.58. The largest absolute Gasteiger partial charge is 0.418 e. The van der Waals surface area contributed by atoms with Crippen molar-refractivity contribution in [2.45, 2.75) is 38.4 Å². The summed E-state index contributed by atoms with van der Waals surface area (Å²) in [5.41, 5.74) is 4.40. The van der Waals surface area contributed by atoms with E-state index < -0.39 is 17.6 Å². The molecule has 0 spiro atoms. The SMILES string of the molecule is CCCC(N)CC(=O)Nc1ccc(Cl)cc1C(F)(F)F. The van der Waals surface area contributed by atoms with Gasteiger partial charge >= 0.3 is 6.18 Å². The van der Waals surface area contributed by atoms with Crippen molar-refractivity contribution in [1.29, 1.82) is 0 Å². The number of nitrogens with one attached hydrogen (secondary N) is 1. The molecule has 1 unspecified atom stereocenters. The number of halogens is 4. The summed E-state index contributed by atoms with van der Waals surface area (Å²) >= 11 is 5.55. The molecule has 0 aliphatic carbocycles. The van der Waals surface area contributed by atoms with Gasteiger partial charge < -0.3 is 11.1 Å². The number of anilines is 1. The number of hydrogen-bond acceptors (Lipinski definition) is 2. The molecule has 3 nitrogen and oxygen atoms in total. The lowest BCUT2D eigenvalue weighted by molar-refractivity contribution is -0.137. The van der Waals surface area contributed by atoms with Gasteiger partial charge in [-0.05, 0) is 24.6 Å². The van der Waals surface area contributed by atoms with Crippen molar-refractivity contribution < 1.29 is 18.0 Å². The number of hydrogen-bond donors (Lipinski definition) is 2. The molecule has 1 amide bonds. The van der Waals surface area contributed by atoms with E-state index in [-0.39, 0.29) is 23.2 Å². The van der Waals surface area contributed by atoms with Gasteiger partial charge in [-0.2, -0.15) is 13.2 Å². The van der Waals surface area contributed by atoms with Crippen LogP contribution in [0.25, 0.3) is 0 Å². The van der Waals surface area contributed by atoms with Crippen LogP contribution in [0, 0.1) is 0 Å². The van der Waals surface area contributed by atoms with Crippen molar-refractivity contribution in [2.75, 3.05) is 5.32 Å². The van der Waals surface area contributed by atoms with Gasteiger partial charge in [-0.3, -0.25) is 4.79 Å². The van der Waals surface area contributed by atoms with E-state index in [0.717, 1.165) is 18.6 Å². The number of rotatable bonds is 5. The molecule has 0 radical (unpaired) electrons. The zero-order valence-corrected chi connectivity index (χ0v) is 11.7. The molecule has 0 bridgehead atoms. The van der Waals surface area contributed by atoms with Crippen molar-refractivity contribution in [3.8, 4) is 0 Å². The van der Waals surface area contributed by atoms with Crippen LogP contribution >= 0.6 is 11.6 Å². The van der Waals surface area contributed by atoms with E-state index in [0.29, 0.717) is 6.42 Å². The third-order valence-corrected chi connectivity index (χ3v) is 2.90. The lowest BCUT2D eigenvalue weighted by Crippen LogP contribution is -2.27. The van der Waals surface area contributed by atoms with Crippen molar-refractivity contribution >= 4 is 23.2 Å². The molecule has 3 N–H and O–H groups in total. The fourth-order valence-electron chi connectivity index (χ4n) is 1.77. The van der Waals surface area contributed by atoms with Crippen LogP contribution in [0.3, 0.4) is 0 Å². The normalized spacial score (nSPS) is 13.1. The van der Waals surface area contributed by atoms with Crippen molar-refractivity contribution in [3.05, 3.63) is 28.8 Å². The van der Waals surface area contributed by atoms with E-state index in [1.54, 1.807) is 0 Å². The number of nitrogens with two attached hydrogens (primary N) is 1. The summed E-state index contributed by atoms with van der Waals surface area (Å²) in [4.78, 5) is 11.7. The lowest BCUT2D eigenvalue weighted by atomic mass is 10.1. The second-order valence-electron chi connectivity index (χ2n) is 4.49. The maximum Gasteiger partial charge on any atom is 0.418 e. The molecule has 112 valence electrons. The summed E-state index contributed by atoms with van der Waals surface area (Å²) in [7, 11) is 0. The molecule has 0 heterocycles. The number of carbonyl (C=O) groups excluding carboxylic acids is 1. The second-order valence-corrected chi connectivity index (χ2v) is 4.93. The van der Waals surface area contributed by atoms with Gasteiger partial charge in [0, 0.05) is 17.5 Å². The highest BCUT2D eigenvalue weighted by molar-refractivity contribution is 6.30. The first-order valence-electron chi connectivity index (χ1n) is 6.16. The van der Waals surface area contributed by atoms with Gasteiger partial charge in [-0.25, -0.2) is 0 Å². The molecule has 1 aromatic carbocycles. The molecule has 1 rings (SSSR count). The van der Waals surface area contributed by atoms with Crippen LogP contribution < -0.4 is 11.1 Å². The molecule has 1 atom stereocenters. The minimum Gasteiger partial charge on any atom is -0.327 e. The van der Waals surface area contributed by atoms with Crippen molar-refractivity contribution in [3.63, 3.8) is 0 Å². The summed E-state index contributed by atoms with van der Waals surface area (Å²) in [5, 5.41) is 2.19. The maximum atomic E-state index is 12.8. The van der Waals surface area contributed by atoms with Gasteiger partial charge in [0.15, 0.2) is 0 Å². The quantitative estimate of drug-likeness (QED) is 0.869. The molecular weight excluding hydrogens is 293 g/mol. The van der Waals surface area contributed by atoms with Crippen LogP contribution in [0.5, 0.6) is 0 Å². The van der Waals surface area contributed by atoms with E-state index in [1.807, 2.05) is 6.92 Å². The Kier molecular flexibility index (Phi) is 5.83. The molecule has 0 fully saturated rings. The van der Waals surface area contributed by atoms with Gasteiger partial charge in [-0.15, -0.1) is 0 Å². The van der Waals surface area contributed by atoms with Gasteiger partial charge in [0.05, 0.1) is 11.3 Å². The minimum absolute atomic E-state index is 0.0201. The fourth-order valence-corrected chi connectivity index (χ4v) is 1.94. The van der Waals surface area contributed by atoms with E-state index in [1.165, 1.54) is 6.07 Å². The van der Waals surface area contributed by atoms with Gasteiger partial charge in [0.2, 0.25) is 5.91 Å². The highest BCUT2D eigenvalue weighted by Gasteiger charge is 2.34. The molecular formula is C13H16ClF3N2O. The van der Waals surface area contributed by atoms with Gasteiger partial charge in [-0.1, -0.05) is 24.9 Å². The first kappa shape index (κ1) is 16.8. The van der Waals surface area contributed by atoms with E-state index >= 15 is 0 Å². The molecule has 7 heteroatoms. The lowest BCUT2D eigenvalue weighted by Gasteiger charge is -2.15. The number of alkyl halides is 3. The molecule has 1 aromatic rings. The van der Waals surface area contributed by atoms with E-state index in [2.05, 4.69) is 5.32 Å². The molecule has 0 saturated carbocycles. The molecule has 20 heavy (non-hydrogen) atoms. The van der Waals surface area contributed by atoms with Gasteiger partial charge in [0.1, 0.15) is 0 Å². The van der Waals surface area contributed by atoms with E-state index in [4.69, 9.17) is 17.3 Å². The fraction of sp³-hybridized carbons (Fsp3) is 0.462. The maximum absolute atomic E-state index is 12.8. The third kappa shape index (κ3) is 5.02. The van der Waals surface area contributed by atoms with Crippen LogP contribution in [0.15, 0.2) is 18.2 Å². The van der Waals surface area contributed by atoms with E-state index in [9.17, 15) is 18.0 Å². The van der Waals surface area contributed by atoms with Crippen LogP contribution in [0.4, 0.5) is 18.9 Å². The summed E-state index contributed by atoms with van der Waals surface area (Å²) in [6, 6.07) is 2.84. The summed E-state index contributed by atoms with van der Waals surface area (Å²) in [6.07, 6.45) is -3.16. The van der Waals surface area contributed by atoms with Crippen LogP contribution in [-0.2, 0) is 11.0 Å². The average molecular weight is 309 g/mol.